The van der Waals surface area contributed by atoms with E-state index in [1.807, 2.05) is 0 Å². The number of alkyl halides is 1. The molecule has 0 aromatic carbocycles. The van der Waals surface area contributed by atoms with Crippen molar-refractivity contribution < 1.29 is 8.42 Å². The minimum absolute atomic E-state index is 0.358. The molecule has 1 heterocycles. The van der Waals surface area contributed by atoms with Crippen LogP contribution in [0.25, 0.3) is 0 Å². The van der Waals surface area contributed by atoms with E-state index in [4.69, 9.17) is 0 Å². The van der Waals surface area contributed by atoms with Crippen molar-refractivity contribution in [1.29, 1.82) is 0 Å². The Hall–Kier alpha value is 0.640. The molecule has 0 aromatic rings. The van der Waals surface area contributed by atoms with E-state index in [-0.39, 0.29) is 0 Å². The van der Waals surface area contributed by atoms with E-state index in [1.165, 1.54) is 17.3 Å². The zero-order chi connectivity index (χ0) is 9.73. The molecule has 13 heavy (non-hydrogen) atoms. The van der Waals surface area contributed by atoms with Gasteiger partial charge in [-0.25, -0.2) is 8.42 Å². The van der Waals surface area contributed by atoms with Gasteiger partial charge in [-0.3, -0.25) is 0 Å². The zero-order valence-corrected chi connectivity index (χ0v) is 10.7. The van der Waals surface area contributed by atoms with E-state index >= 15 is 0 Å². The highest BCUT2D eigenvalue weighted by atomic mass is 127. The molecule has 0 bridgehead atoms. The molecule has 0 unspecified atom stereocenters. The summed E-state index contributed by atoms with van der Waals surface area (Å²) in [5.41, 5.74) is 0. The number of nitrogens with zero attached hydrogens (tertiary/aromatic N) is 1. The van der Waals surface area contributed by atoms with Gasteiger partial charge in [0.1, 0.15) is 0 Å². The average Bonchev–Trinajstić information content (AvgIpc) is 2.08. The van der Waals surface area contributed by atoms with Crippen molar-refractivity contribution >= 4 is 32.4 Å². The highest BCUT2D eigenvalue weighted by molar-refractivity contribution is 14.1. The molecule has 0 amide bonds. The molecule has 78 valence electrons. The number of hydrogen-bond acceptors (Lipinski definition) is 3. The summed E-state index contributed by atoms with van der Waals surface area (Å²) in [6, 6.07) is 0. The molecule has 0 radical (unpaired) electrons. The third-order valence-electron chi connectivity index (χ3n) is 2.30. The maximum Gasteiger partial charge on any atom is 0.152 e. The maximum atomic E-state index is 11.1. The van der Waals surface area contributed by atoms with Crippen LogP contribution in [0.1, 0.15) is 12.8 Å². The molecule has 0 spiro atoms. The maximum absolute atomic E-state index is 11.1. The van der Waals surface area contributed by atoms with Crippen molar-refractivity contribution in [2.24, 2.45) is 0 Å². The zero-order valence-electron chi connectivity index (χ0n) is 7.71. The van der Waals surface area contributed by atoms with Crippen molar-refractivity contribution in [3.63, 3.8) is 0 Å². The van der Waals surface area contributed by atoms with Crippen LogP contribution in [-0.4, -0.2) is 48.9 Å². The summed E-state index contributed by atoms with van der Waals surface area (Å²) in [6.07, 6.45) is 2.44. The van der Waals surface area contributed by atoms with E-state index < -0.39 is 9.84 Å². The van der Waals surface area contributed by atoms with Crippen LogP contribution < -0.4 is 0 Å². The van der Waals surface area contributed by atoms with Gasteiger partial charge in [-0.05, 0) is 23.8 Å². The lowest BCUT2D eigenvalue weighted by molar-refractivity contribution is 0.291. The Kier molecular flexibility index (Phi) is 4.96. The van der Waals surface area contributed by atoms with Gasteiger partial charge in [0.05, 0.1) is 11.5 Å². The molecule has 0 aromatic heterocycles. The molecule has 0 atom stereocenters. The van der Waals surface area contributed by atoms with Crippen LogP contribution in [0.15, 0.2) is 0 Å². The quantitative estimate of drug-likeness (QED) is 0.440. The molecule has 0 saturated carbocycles. The highest BCUT2D eigenvalue weighted by Gasteiger charge is 2.20. The fourth-order valence-electron chi connectivity index (χ4n) is 1.40. The molecule has 1 aliphatic rings. The second-order valence-electron chi connectivity index (χ2n) is 3.39. The molecular formula is C8H16INO2S. The van der Waals surface area contributed by atoms with Crippen LogP contribution in [0.4, 0.5) is 0 Å². The summed E-state index contributed by atoms with van der Waals surface area (Å²) in [5, 5.41) is 0. The number of hydrogen-bond donors (Lipinski definition) is 0. The highest BCUT2D eigenvalue weighted by Crippen LogP contribution is 2.05. The summed E-state index contributed by atoms with van der Waals surface area (Å²) in [4.78, 5) is 2.26. The van der Waals surface area contributed by atoms with E-state index in [9.17, 15) is 8.42 Å². The van der Waals surface area contributed by atoms with Crippen LogP contribution in [0.2, 0.25) is 0 Å². The third-order valence-corrected chi connectivity index (χ3v) is 4.67. The van der Waals surface area contributed by atoms with Gasteiger partial charge in [0, 0.05) is 13.1 Å². The van der Waals surface area contributed by atoms with Gasteiger partial charge in [0.15, 0.2) is 9.84 Å². The number of rotatable bonds is 4. The van der Waals surface area contributed by atoms with Gasteiger partial charge in [-0.2, -0.15) is 0 Å². The van der Waals surface area contributed by atoms with Crippen LogP contribution >= 0.6 is 22.6 Å². The lowest BCUT2D eigenvalue weighted by Gasteiger charge is -2.26. The summed E-state index contributed by atoms with van der Waals surface area (Å²) in [6.45, 7) is 2.55. The van der Waals surface area contributed by atoms with Gasteiger partial charge in [-0.15, -0.1) is 0 Å². The van der Waals surface area contributed by atoms with Crippen LogP contribution in [-0.2, 0) is 9.84 Å². The van der Waals surface area contributed by atoms with E-state index in [2.05, 4.69) is 27.5 Å². The monoisotopic (exact) mass is 317 g/mol. The Morgan fingerprint density at radius 3 is 2.31 bits per heavy atom. The van der Waals surface area contributed by atoms with Crippen molar-refractivity contribution in [1.82, 2.24) is 4.90 Å². The molecule has 1 aliphatic heterocycles. The first-order valence-corrected chi connectivity index (χ1v) is 7.97. The largest absolute Gasteiger partial charge is 0.301 e. The van der Waals surface area contributed by atoms with Gasteiger partial charge < -0.3 is 4.90 Å². The van der Waals surface area contributed by atoms with Crippen molar-refractivity contribution in [3.8, 4) is 0 Å². The second kappa shape index (κ2) is 5.50. The van der Waals surface area contributed by atoms with Gasteiger partial charge in [-0.1, -0.05) is 22.6 Å². The number of unbranched alkanes of at least 4 members (excludes halogenated alkanes) is 1. The SMILES string of the molecule is O=S1(=O)CCN(CCCCI)CC1. The average molecular weight is 317 g/mol. The van der Waals surface area contributed by atoms with E-state index in [0.717, 1.165) is 19.6 Å². The minimum atomic E-state index is -2.69. The van der Waals surface area contributed by atoms with Gasteiger partial charge >= 0.3 is 0 Å². The van der Waals surface area contributed by atoms with Crippen LogP contribution in [0.5, 0.6) is 0 Å². The lowest BCUT2D eigenvalue weighted by atomic mass is 10.3. The number of halogens is 1. The predicted octanol–water partition coefficient (Wildman–Crippen LogP) is 0.932. The van der Waals surface area contributed by atoms with Gasteiger partial charge in [0.25, 0.3) is 0 Å². The molecule has 0 aliphatic carbocycles. The standard InChI is InChI=1S/C8H16INO2S/c9-3-1-2-4-10-5-7-13(11,12)8-6-10/h1-8H2. The molecule has 1 rings (SSSR count). The van der Waals surface area contributed by atoms with Crippen LogP contribution in [0.3, 0.4) is 0 Å². The molecule has 5 heteroatoms. The molecule has 1 saturated heterocycles. The summed E-state index contributed by atoms with van der Waals surface area (Å²) >= 11 is 2.37. The molecule has 3 nitrogen and oxygen atoms in total. The first-order chi connectivity index (χ1) is 6.14. The first kappa shape index (κ1) is 11.7. The third kappa shape index (κ3) is 4.60. The Bertz CT molecular complexity index is 227. The fraction of sp³-hybridized carbons (Fsp3) is 1.00. The lowest BCUT2D eigenvalue weighted by Crippen LogP contribution is -2.40. The molecule has 0 N–H and O–H groups in total. The Morgan fingerprint density at radius 2 is 1.77 bits per heavy atom. The molecule has 1 fully saturated rings. The minimum Gasteiger partial charge on any atom is -0.301 e. The van der Waals surface area contributed by atoms with Crippen molar-refractivity contribution in [3.05, 3.63) is 0 Å². The summed E-state index contributed by atoms with van der Waals surface area (Å²) in [7, 11) is -2.69. The second-order valence-corrected chi connectivity index (χ2v) is 6.77. The van der Waals surface area contributed by atoms with Crippen molar-refractivity contribution in [2.45, 2.75) is 12.8 Å². The fourth-order valence-corrected chi connectivity index (χ4v) is 3.22. The predicted molar refractivity (Wildman–Crippen MR) is 63.2 cm³/mol. The van der Waals surface area contributed by atoms with Gasteiger partial charge in [0.2, 0.25) is 0 Å². The van der Waals surface area contributed by atoms with E-state index in [1.54, 1.807) is 0 Å². The Labute approximate surface area is 93.9 Å². The van der Waals surface area contributed by atoms with E-state index in [0.29, 0.717) is 11.5 Å². The first-order valence-electron chi connectivity index (χ1n) is 4.63. The molecular weight excluding hydrogens is 301 g/mol. The summed E-state index contributed by atoms with van der Waals surface area (Å²) in [5.74, 6) is 0.717. The summed E-state index contributed by atoms with van der Waals surface area (Å²) < 4.78 is 23.4. The topological polar surface area (TPSA) is 37.4 Å². The normalized spacial score (nSPS) is 23.2. The number of sulfone groups is 1. The van der Waals surface area contributed by atoms with Crippen LogP contribution in [0, 0.1) is 0 Å². The Morgan fingerprint density at radius 1 is 1.15 bits per heavy atom. The smallest absolute Gasteiger partial charge is 0.152 e. The Balaban J connectivity index is 2.18. The van der Waals surface area contributed by atoms with Crippen molar-refractivity contribution in [2.75, 3.05) is 35.6 Å².